The summed E-state index contributed by atoms with van der Waals surface area (Å²) in [6.07, 6.45) is 2.09. The average Bonchev–Trinajstić information content (AvgIpc) is 3.67. The summed E-state index contributed by atoms with van der Waals surface area (Å²) in [5, 5.41) is 12.4. The molecule has 1 fully saturated rings. The number of nitrogens with one attached hydrogen (secondary N) is 1. The zero-order valence-corrected chi connectivity index (χ0v) is 28.7. The maximum Gasteiger partial charge on any atom is 0.508 e. The lowest BCUT2D eigenvalue weighted by Gasteiger charge is -2.31. The monoisotopic (exact) mass is 746 g/mol. The number of hydrogen-bond acceptors (Lipinski definition) is 12. The van der Waals surface area contributed by atoms with Crippen LogP contribution in [-0.4, -0.2) is 67.2 Å². The average molecular weight is 747 g/mol. The Morgan fingerprint density at radius 2 is 1.87 bits per heavy atom. The van der Waals surface area contributed by atoms with Gasteiger partial charge in [-0.1, -0.05) is 38.0 Å². The van der Waals surface area contributed by atoms with E-state index in [9.17, 15) is 32.4 Å². The fourth-order valence-corrected chi connectivity index (χ4v) is 6.97. The highest BCUT2D eigenvalue weighted by atomic mass is 31.2. The van der Waals surface area contributed by atoms with Gasteiger partial charge in [0.1, 0.15) is 42.4 Å². The molecule has 2 aromatic heterocycles. The molecule has 0 bridgehead atoms. The number of rotatable bonds is 15. The van der Waals surface area contributed by atoms with Gasteiger partial charge >= 0.3 is 25.9 Å². The number of para-hydroxylation sites is 1. The number of aromatic nitrogens is 4. The van der Waals surface area contributed by atoms with Gasteiger partial charge in [0.15, 0.2) is 28.7 Å². The predicted molar refractivity (Wildman–Crippen MR) is 177 cm³/mol. The van der Waals surface area contributed by atoms with Crippen LogP contribution in [0, 0.1) is 30.1 Å². The number of nitrogens with two attached hydrogens (primary N) is 1. The van der Waals surface area contributed by atoms with E-state index in [1.165, 1.54) is 23.0 Å². The number of ether oxygens (including phenoxy) is 3. The first-order valence-corrected chi connectivity index (χ1v) is 17.4. The number of nitrogen functional groups attached to an aromatic ring is 1. The molecule has 0 radical (unpaired) electrons. The maximum absolute atomic E-state index is 14.4. The normalized spacial score (nSPS) is 20.2. The third kappa shape index (κ3) is 8.80. The second-order valence-electron chi connectivity index (χ2n) is 11.6. The van der Waals surface area contributed by atoms with Gasteiger partial charge in [-0.15, -0.1) is 6.42 Å². The van der Waals surface area contributed by atoms with Gasteiger partial charge in [0, 0.05) is 12.5 Å². The van der Waals surface area contributed by atoms with E-state index in [4.69, 9.17) is 35.4 Å². The molecule has 1 aliphatic heterocycles. The number of carbonyl (C=O) groups excluding carboxylic acids is 1. The Hall–Kier alpha value is -5.21. The van der Waals surface area contributed by atoms with Crippen LogP contribution in [0.1, 0.15) is 44.9 Å². The minimum absolute atomic E-state index is 0.0232. The molecule has 276 valence electrons. The zero-order chi connectivity index (χ0) is 37.6. The number of hydrogen-bond donors (Lipinski definition) is 3. The largest absolute Gasteiger partial charge is 0.508 e. The van der Waals surface area contributed by atoms with Crippen LogP contribution in [0.5, 0.6) is 5.75 Å². The highest BCUT2D eigenvalue weighted by molar-refractivity contribution is 7.52. The molecule has 0 spiro atoms. The fourth-order valence-electron chi connectivity index (χ4n) is 5.44. The van der Waals surface area contributed by atoms with Crippen molar-refractivity contribution >= 4 is 36.9 Å². The molecule has 0 aliphatic carbocycles. The number of nitrogens with zero attached hydrogens (tertiary/aromatic N) is 4. The molecule has 5 atom stereocenters. The molecule has 5 rings (SSSR count). The van der Waals surface area contributed by atoms with E-state index < -0.39 is 80.7 Å². The van der Waals surface area contributed by atoms with Gasteiger partial charge in [-0.25, -0.2) is 23.1 Å². The summed E-state index contributed by atoms with van der Waals surface area (Å²) >= 11 is 0. The van der Waals surface area contributed by atoms with Crippen molar-refractivity contribution in [2.24, 2.45) is 0 Å². The van der Waals surface area contributed by atoms with E-state index in [0.29, 0.717) is 18.9 Å². The van der Waals surface area contributed by atoms with E-state index in [1.54, 1.807) is 32.0 Å². The highest BCUT2D eigenvalue weighted by Gasteiger charge is 2.53. The highest BCUT2D eigenvalue weighted by Crippen LogP contribution is 2.48. The van der Waals surface area contributed by atoms with Gasteiger partial charge < -0.3 is 29.6 Å². The van der Waals surface area contributed by atoms with Crippen LogP contribution in [0.15, 0.2) is 54.9 Å². The van der Waals surface area contributed by atoms with Crippen molar-refractivity contribution in [2.75, 3.05) is 12.3 Å². The molecule has 19 heteroatoms. The molecule has 0 amide bonds. The molecule has 1 saturated heterocycles. The van der Waals surface area contributed by atoms with Crippen LogP contribution < -0.4 is 15.3 Å². The number of terminal acetylenes is 1. The number of fused-ring (bicyclic) bond motifs is 1. The number of aliphatic carboxylic acids is 1. The summed E-state index contributed by atoms with van der Waals surface area (Å²) in [5.74, 6) is -1.38. The molecular weight excluding hydrogens is 712 g/mol. The summed E-state index contributed by atoms with van der Waals surface area (Å²) in [6, 6.07) is 8.19. The number of carboxylic acid groups (broad SMARTS) is 1. The smallest absolute Gasteiger partial charge is 0.480 e. The number of anilines is 1. The zero-order valence-electron chi connectivity index (χ0n) is 27.8. The summed E-state index contributed by atoms with van der Waals surface area (Å²) < 4.78 is 86.6. The fraction of sp³-hybridized carbons (Fsp3) is 0.364. The van der Waals surface area contributed by atoms with E-state index in [0.717, 1.165) is 12.1 Å². The van der Waals surface area contributed by atoms with Crippen molar-refractivity contribution in [1.29, 1.82) is 0 Å². The van der Waals surface area contributed by atoms with Gasteiger partial charge in [-0.3, -0.25) is 13.9 Å². The SMILES string of the molecule is C#C[C@]1(CO[P@@](=O)(NC(Cc2cc(F)cc(F)c2)C(=O)O)Oc2ccccc2)O[C@@H](n2cnc3c(N)nc(F)nc32)C[C@@H]1OC(=O)OC(CC)CC. The maximum atomic E-state index is 14.4. The number of imidazole rings is 1. The van der Waals surface area contributed by atoms with Crippen molar-refractivity contribution in [3.05, 3.63) is 78.1 Å². The molecular formula is C33H34F3N6O9P. The molecule has 15 nitrogen and oxygen atoms in total. The quantitative estimate of drug-likeness (QED) is 0.0611. The summed E-state index contributed by atoms with van der Waals surface area (Å²) in [7, 11) is -4.82. The van der Waals surface area contributed by atoms with Crippen LogP contribution in [0.3, 0.4) is 0 Å². The minimum Gasteiger partial charge on any atom is -0.480 e. The third-order valence-corrected chi connectivity index (χ3v) is 9.61. The Kier molecular flexibility index (Phi) is 11.7. The lowest BCUT2D eigenvalue weighted by molar-refractivity contribution is -0.139. The van der Waals surface area contributed by atoms with Crippen molar-refractivity contribution in [1.82, 2.24) is 24.6 Å². The van der Waals surface area contributed by atoms with Gasteiger partial charge in [0.25, 0.3) is 0 Å². The van der Waals surface area contributed by atoms with Gasteiger partial charge in [0.2, 0.25) is 0 Å². The lowest BCUT2D eigenvalue weighted by atomic mass is 9.99. The predicted octanol–water partition coefficient (Wildman–Crippen LogP) is 5.32. The van der Waals surface area contributed by atoms with Crippen molar-refractivity contribution in [3.63, 3.8) is 0 Å². The Labute approximate surface area is 295 Å². The van der Waals surface area contributed by atoms with Crippen molar-refractivity contribution < 1.29 is 55.7 Å². The van der Waals surface area contributed by atoms with E-state index in [2.05, 4.69) is 26.0 Å². The second kappa shape index (κ2) is 16.0. The van der Waals surface area contributed by atoms with Crippen LogP contribution >= 0.6 is 7.75 Å². The van der Waals surface area contributed by atoms with E-state index in [-0.39, 0.29) is 34.7 Å². The Balaban J connectivity index is 1.49. The molecule has 52 heavy (non-hydrogen) atoms. The minimum atomic E-state index is -4.82. The van der Waals surface area contributed by atoms with E-state index in [1.807, 2.05) is 0 Å². The Bertz CT molecular complexity index is 1990. The van der Waals surface area contributed by atoms with Crippen molar-refractivity contribution in [3.8, 4) is 18.1 Å². The van der Waals surface area contributed by atoms with Crippen LogP contribution in [-0.2, 0) is 34.5 Å². The molecule has 4 aromatic rings. The van der Waals surface area contributed by atoms with Crippen molar-refractivity contribution in [2.45, 2.75) is 69.6 Å². The standard InChI is InChI=1S/C33H34F3N6O9P/c1-4-22(5-2)48-32(45)49-25-16-26(42-18-38-27-28(37)39-31(36)40-29(27)42)50-33(25,6-3)17-47-52(46,51-23-10-8-7-9-11-23)41-24(30(43)44)14-19-12-20(34)15-21(35)13-19/h3,7-13,15,18,22,24-26H,4-5,14,16-17H2,1-2H3,(H,41,46)(H,43,44)(H2,37,39,40)/t24?,25-,26+,33+,52-/m0/s1. The Morgan fingerprint density at radius 3 is 2.50 bits per heavy atom. The summed E-state index contributed by atoms with van der Waals surface area (Å²) in [4.78, 5) is 36.7. The summed E-state index contributed by atoms with van der Waals surface area (Å²) in [5.41, 5.74) is 3.62. The topological polar surface area (TPSA) is 199 Å². The van der Waals surface area contributed by atoms with Crippen LogP contribution in [0.4, 0.5) is 23.8 Å². The molecule has 2 aromatic carbocycles. The lowest BCUT2D eigenvalue weighted by Crippen LogP contribution is -2.46. The number of carbonyl (C=O) groups is 2. The molecule has 3 heterocycles. The first-order valence-electron chi connectivity index (χ1n) is 15.9. The van der Waals surface area contributed by atoms with Crippen LogP contribution in [0.25, 0.3) is 11.2 Å². The van der Waals surface area contributed by atoms with Crippen LogP contribution in [0.2, 0.25) is 0 Å². The Morgan fingerprint density at radius 1 is 1.17 bits per heavy atom. The van der Waals surface area contributed by atoms with E-state index >= 15 is 0 Å². The molecule has 1 aliphatic rings. The number of benzene rings is 2. The molecule has 4 N–H and O–H groups in total. The van der Waals surface area contributed by atoms with Gasteiger partial charge in [-0.2, -0.15) is 19.4 Å². The summed E-state index contributed by atoms with van der Waals surface area (Å²) in [6.45, 7) is 2.75. The molecule has 1 unspecified atom stereocenters. The second-order valence-corrected chi connectivity index (χ2v) is 13.3. The van der Waals surface area contributed by atoms with Gasteiger partial charge in [-0.05, 0) is 49.1 Å². The number of carboxylic acids is 1. The number of halogens is 3. The first kappa shape index (κ1) is 38.0. The van der Waals surface area contributed by atoms with Gasteiger partial charge in [0.05, 0.1) is 6.33 Å². The third-order valence-electron chi connectivity index (χ3n) is 8.06. The molecule has 0 saturated carbocycles. The first-order chi connectivity index (χ1) is 24.8.